The number of esters is 1. The molecule has 9 nitrogen and oxygen atoms in total. The molecule has 4 amide bonds. The lowest BCUT2D eigenvalue weighted by Crippen LogP contribution is -2.50. The van der Waals surface area contributed by atoms with Crippen LogP contribution in [-0.2, 0) is 14.3 Å². The van der Waals surface area contributed by atoms with E-state index in [0.29, 0.717) is 10.5 Å². The van der Waals surface area contributed by atoms with Gasteiger partial charge in [0.15, 0.2) is 6.61 Å². The predicted octanol–water partition coefficient (Wildman–Crippen LogP) is 3.93. The molecule has 13 heteroatoms. The average Bonchev–Trinajstić information content (AvgIpc) is 3.09. The van der Waals surface area contributed by atoms with Gasteiger partial charge in [0, 0.05) is 5.56 Å². The van der Waals surface area contributed by atoms with Crippen LogP contribution in [0.25, 0.3) is 0 Å². The van der Waals surface area contributed by atoms with E-state index in [9.17, 15) is 24.0 Å². The standard InChI is InChI=1S/C22H17Cl4N3O6/c1-9(2)18(22(34)35-8-11(30)27-28-19(31)10-6-4-3-5-7-10)29-20(32)12-13(21(29)33)15(24)17(26)16(25)14(12)23/h3-7,9,18H,8H2,1-2H3,(H,27,30)(H,28,31)/t18-/m1/s1. The van der Waals surface area contributed by atoms with Crippen molar-refractivity contribution in [3.05, 3.63) is 67.1 Å². The molecule has 0 unspecified atom stereocenters. The minimum Gasteiger partial charge on any atom is -0.454 e. The van der Waals surface area contributed by atoms with Crippen LogP contribution in [0.3, 0.4) is 0 Å². The Hall–Kier alpha value is -2.85. The number of rotatable bonds is 6. The second-order valence-corrected chi connectivity index (χ2v) is 9.16. The highest BCUT2D eigenvalue weighted by Crippen LogP contribution is 2.45. The Morgan fingerprint density at radius 1 is 0.857 bits per heavy atom. The van der Waals surface area contributed by atoms with E-state index in [-0.39, 0.29) is 31.2 Å². The highest BCUT2D eigenvalue weighted by molar-refractivity contribution is 6.55. The number of imide groups is 1. The van der Waals surface area contributed by atoms with Gasteiger partial charge in [0.1, 0.15) is 6.04 Å². The molecule has 0 saturated heterocycles. The van der Waals surface area contributed by atoms with Crippen molar-refractivity contribution in [2.24, 2.45) is 5.92 Å². The molecule has 0 bridgehead atoms. The Kier molecular flexibility index (Phi) is 8.27. The lowest BCUT2D eigenvalue weighted by atomic mass is 10.0. The number of ether oxygens (including phenoxy) is 1. The summed E-state index contributed by atoms with van der Waals surface area (Å²) in [6.45, 7) is 2.34. The summed E-state index contributed by atoms with van der Waals surface area (Å²) >= 11 is 24.3. The molecular formula is C22H17Cl4N3O6. The molecule has 1 heterocycles. The second-order valence-electron chi connectivity index (χ2n) is 7.65. The first kappa shape index (κ1) is 26.7. The lowest BCUT2D eigenvalue weighted by molar-refractivity contribution is -0.153. The number of hydrogen-bond donors (Lipinski definition) is 2. The number of hydrazine groups is 1. The molecule has 1 atom stereocenters. The molecular weight excluding hydrogens is 544 g/mol. The molecule has 1 aliphatic heterocycles. The van der Waals surface area contributed by atoms with Gasteiger partial charge in [-0.15, -0.1) is 0 Å². The maximum absolute atomic E-state index is 13.1. The highest BCUT2D eigenvalue weighted by atomic mass is 35.5. The predicted molar refractivity (Wildman–Crippen MR) is 129 cm³/mol. The molecule has 0 aliphatic carbocycles. The van der Waals surface area contributed by atoms with Crippen LogP contribution >= 0.6 is 46.4 Å². The van der Waals surface area contributed by atoms with Gasteiger partial charge in [0.2, 0.25) is 0 Å². The monoisotopic (exact) mass is 559 g/mol. The summed E-state index contributed by atoms with van der Waals surface area (Å²) in [7, 11) is 0. The summed E-state index contributed by atoms with van der Waals surface area (Å²) in [4.78, 5) is 63.7. The van der Waals surface area contributed by atoms with Crippen LogP contribution < -0.4 is 10.9 Å². The van der Waals surface area contributed by atoms with Gasteiger partial charge < -0.3 is 4.74 Å². The van der Waals surface area contributed by atoms with Gasteiger partial charge >= 0.3 is 5.97 Å². The van der Waals surface area contributed by atoms with E-state index < -0.39 is 48.2 Å². The van der Waals surface area contributed by atoms with E-state index in [2.05, 4.69) is 10.9 Å². The second kappa shape index (κ2) is 10.8. The van der Waals surface area contributed by atoms with E-state index in [1.165, 1.54) is 12.1 Å². The fraction of sp³-hybridized carbons (Fsp3) is 0.227. The van der Waals surface area contributed by atoms with Crippen molar-refractivity contribution in [3.63, 3.8) is 0 Å². The van der Waals surface area contributed by atoms with Crippen LogP contribution in [0, 0.1) is 5.92 Å². The molecule has 2 aromatic rings. The first-order valence-electron chi connectivity index (χ1n) is 10.0. The Labute approximate surface area is 219 Å². The fourth-order valence-electron chi connectivity index (χ4n) is 3.34. The van der Waals surface area contributed by atoms with Gasteiger partial charge in [0.25, 0.3) is 23.6 Å². The summed E-state index contributed by atoms with van der Waals surface area (Å²) in [5.74, 6) is -4.91. The van der Waals surface area contributed by atoms with Crippen molar-refractivity contribution in [2.75, 3.05) is 6.61 Å². The van der Waals surface area contributed by atoms with Gasteiger partial charge in [-0.2, -0.15) is 0 Å². The number of nitrogens with zero attached hydrogens (tertiary/aromatic N) is 1. The largest absolute Gasteiger partial charge is 0.454 e. The van der Waals surface area contributed by atoms with Crippen LogP contribution in [0.1, 0.15) is 44.9 Å². The van der Waals surface area contributed by atoms with E-state index in [0.717, 1.165) is 0 Å². The third kappa shape index (κ3) is 5.23. The lowest BCUT2D eigenvalue weighted by Gasteiger charge is -2.27. The van der Waals surface area contributed by atoms with Crippen LogP contribution in [-0.4, -0.2) is 47.1 Å². The van der Waals surface area contributed by atoms with Crippen LogP contribution in [0.15, 0.2) is 30.3 Å². The van der Waals surface area contributed by atoms with Crippen molar-refractivity contribution < 1.29 is 28.7 Å². The summed E-state index contributed by atoms with van der Waals surface area (Å²) in [5, 5.41) is -0.974. The van der Waals surface area contributed by atoms with Gasteiger partial charge in [-0.25, -0.2) is 4.79 Å². The van der Waals surface area contributed by atoms with Crippen LogP contribution in [0.5, 0.6) is 0 Å². The Morgan fingerprint density at radius 2 is 1.37 bits per heavy atom. The molecule has 2 aromatic carbocycles. The molecule has 0 saturated carbocycles. The van der Waals surface area contributed by atoms with Gasteiger partial charge in [0.05, 0.1) is 31.2 Å². The Morgan fingerprint density at radius 3 is 1.86 bits per heavy atom. The minimum absolute atomic E-state index is 0.210. The SMILES string of the molecule is CC(C)[C@H](C(=O)OCC(=O)NNC(=O)c1ccccc1)N1C(=O)c2c(Cl)c(Cl)c(Cl)c(Cl)c2C1=O. The number of amides is 4. The van der Waals surface area contributed by atoms with Crippen molar-refractivity contribution >= 4 is 76.0 Å². The van der Waals surface area contributed by atoms with Gasteiger partial charge in [-0.3, -0.25) is 34.9 Å². The highest BCUT2D eigenvalue weighted by Gasteiger charge is 2.48. The first-order valence-corrected chi connectivity index (χ1v) is 11.5. The maximum Gasteiger partial charge on any atom is 0.330 e. The molecule has 0 radical (unpaired) electrons. The van der Waals surface area contributed by atoms with E-state index >= 15 is 0 Å². The molecule has 184 valence electrons. The first-order chi connectivity index (χ1) is 16.5. The summed E-state index contributed by atoms with van der Waals surface area (Å²) in [6.07, 6.45) is 0. The summed E-state index contributed by atoms with van der Waals surface area (Å²) in [5.41, 5.74) is 4.02. The van der Waals surface area contributed by atoms with Crippen LogP contribution in [0.2, 0.25) is 20.1 Å². The zero-order valence-electron chi connectivity index (χ0n) is 18.2. The number of benzene rings is 2. The molecule has 1 aliphatic rings. The molecule has 0 fully saturated rings. The quantitative estimate of drug-likeness (QED) is 0.181. The number of fused-ring (bicyclic) bond motifs is 1. The fourth-order valence-corrected chi connectivity index (χ4v) is 4.36. The van der Waals surface area contributed by atoms with E-state index in [4.69, 9.17) is 51.1 Å². The van der Waals surface area contributed by atoms with Crippen molar-refractivity contribution in [3.8, 4) is 0 Å². The van der Waals surface area contributed by atoms with Gasteiger partial charge in [-0.05, 0) is 18.1 Å². The van der Waals surface area contributed by atoms with Gasteiger partial charge in [-0.1, -0.05) is 78.5 Å². The third-order valence-electron chi connectivity index (χ3n) is 4.98. The summed E-state index contributed by atoms with van der Waals surface area (Å²) < 4.78 is 5.01. The number of carbonyl (C=O) groups excluding carboxylic acids is 5. The zero-order chi connectivity index (χ0) is 26.0. The number of nitrogens with one attached hydrogen (secondary N) is 2. The average molecular weight is 561 g/mol. The molecule has 35 heavy (non-hydrogen) atoms. The Bertz CT molecular complexity index is 1190. The number of hydrogen-bond acceptors (Lipinski definition) is 6. The molecule has 0 spiro atoms. The molecule has 2 N–H and O–H groups in total. The minimum atomic E-state index is -1.42. The number of carbonyl (C=O) groups is 5. The Balaban J connectivity index is 1.71. The maximum atomic E-state index is 13.1. The normalized spacial score (nSPS) is 13.5. The van der Waals surface area contributed by atoms with Crippen molar-refractivity contribution in [1.29, 1.82) is 0 Å². The van der Waals surface area contributed by atoms with Crippen molar-refractivity contribution in [2.45, 2.75) is 19.9 Å². The molecule has 0 aromatic heterocycles. The molecule has 3 rings (SSSR count). The van der Waals surface area contributed by atoms with E-state index in [1.807, 2.05) is 0 Å². The zero-order valence-corrected chi connectivity index (χ0v) is 21.2. The smallest absolute Gasteiger partial charge is 0.330 e. The third-order valence-corrected chi connectivity index (χ3v) is 6.78. The van der Waals surface area contributed by atoms with E-state index in [1.54, 1.807) is 32.0 Å². The topological polar surface area (TPSA) is 122 Å². The summed E-state index contributed by atoms with van der Waals surface area (Å²) in [6, 6.07) is 6.67. The van der Waals surface area contributed by atoms with Crippen LogP contribution in [0.4, 0.5) is 0 Å². The van der Waals surface area contributed by atoms with Crippen molar-refractivity contribution in [1.82, 2.24) is 15.8 Å². The number of halogens is 4.